The van der Waals surface area contributed by atoms with Crippen molar-refractivity contribution in [3.63, 3.8) is 0 Å². The first-order chi connectivity index (χ1) is 15.5. The van der Waals surface area contributed by atoms with Crippen molar-refractivity contribution in [1.29, 1.82) is 0 Å². The fourth-order valence-electron chi connectivity index (χ4n) is 4.59. The summed E-state index contributed by atoms with van der Waals surface area (Å²) in [4.78, 5) is 15.8. The van der Waals surface area contributed by atoms with Crippen molar-refractivity contribution in [3.8, 4) is 10.6 Å². The van der Waals surface area contributed by atoms with Crippen molar-refractivity contribution in [2.75, 3.05) is 13.1 Å². The average molecular weight is 477 g/mol. The van der Waals surface area contributed by atoms with Gasteiger partial charge in [-0.05, 0) is 60.2 Å². The van der Waals surface area contributed by atoms with Crippen LogP contribution in [0.15, 0.2) is 42.5 Å². The molecular weight excluding hydrogens is 449 g/mol. The Morgan fingerprint density at radius 1 is 1.27 bits per heavy atom. The second-order valence-corrected chi connectivity index (χ2v) is 10.2. The largest absolute Gasteiger partial charge is 0.433 e. The molecule has 1 aromatic carbocycles. The van der Waals surface area contributed by atoms with Gasteiger partial charge in [0.1, 0.15) is 11.4 Å². The summed E-state index contributed by atoms with van der Waals surface area (Å²) in [6.45, 7) is 6.96. The Hall–Kier alpha value is -2.65. The molecule has 1 aliphatic heterocycles. The van der Waals surface area contributed by atoms with Gasteiger partial charge in [-0.25, -0.2) is 0 Å². The van der Waals surface area contributed by atoms with E-state index in [1.165, 1.54) is 18.4 Å². The molecule has 9 heteroatoms. The van der Waals surface area contributed by atoms with Crippen molar-refractivity contribution in [3.05, 3.63) is 64.2 Å². The van der Waals surface area contributed by atoms with Gasteiger partial charge in [-0.1, -0.05) is 26.0 Å². The molecule has 1 aliphatic rings. The number of carbonyl (C=O) groups is 1. The molecule has 1 amide bonds. The van der Waals surface area contributed by atoms with Gasteiger partial charge in [-0.15, -0.1) is 11.3 Å². The number of nitrogens with zero attached hydrogens (tertiary/aromatic N) is 3. The molecule has 3 heterocycles. The Morgan fingerprint density at radius 3 is 2.67 bits per heavy atom. The van der Waals surface area contributed by atoms with Crippen LogP contribution >= 0.6 is 11.3 Å². The number of likely N-dealkylation sites (tertiary alicyclic amines) is 1. The number of primary amides is 1. The maximum Gasteiger partial charge on any atom is 0.433 e. The molecule has 0 radical (unpaired) electrons. The van der Waals surface area contributed by atoms with E-state index >= 15 is 0 Å². The fraction of sp³-hybridized carbons (Fsp3) is 0.417. The van der Waals surface area contributed by atoms with E-state index in [-0.39, 0.29) is 5.41 Å². The van der Waals surface area contributed by atoms with E-state index in [1.807, 2.05) is 24.3 Å². The third kappa shape index (κ3) is 4.70. The molecule has 0 saturated carbocycles. The Bertz CT molecular complexity index is 1170. The predicted molar refractivity (Wildman–Crippen MR) is 123 cm³/mol. The first kappa shape index (κ1) is 23.5. The third-order valence-corrected chi connectivity index (χ3v) is 7.93. The summed E-state index contributed by atoms with van der Waals surface area (Å²) in [6.07, 6.45) is -3.49. The van der Waals surface area contributed by atoms with Gasteiger partial charge in [0.05, 0.1) is 4.88 Å². The van der Waals surface area contributed by atoms with E-state index in [4.69, 9.17) is 5.73 Å². The first-order valence-corrected chi connectivity index (χ1v) is 11.6. The number of thiophene rings is 1. The summed E-state index contributed by atoms with van der Waals surface area (Å²) in [5, 5.41) is 4.05. The van der Waals surface area contributed by atoms with Crippen LogP contribution in [0.1, 0.15) is 46.8 Å². The highest BCUT2D eigenvalue weighted by molar-refractivity contribution is 7.15. The summed E-state index contributed by atoms with van der Waals surface area (Å²) < 4.78 is 40.1. The first-order valence-electron chi connectivity index (χ1n) is 10.8. The molecule has 2 aromatic heterocycles. The summed E-state index contributed by atoms with van der Waals surface area (Å²) >= 11 is 1.48. The van der Waals surface area contributed by atoms with E-state index in [0.717, 1.165) is 52.1 Å². The standard InChI is InChI=1S/C24H27F3N4OS/c1-15-13-31(10-9-23(15,2)17-6-4-5-16(11-17)22(28)32)14-18-7-8-20(33-18)19-12-21(24(25,26)27)30(3)29-19/h4-8,11-12,15H,9-10,13-14H2,1-3H3,(H2,28,32). The Labute approximate surface area is 195 Å². The molecule has 5 nitrogen and oxygen atoms in total. The molecule has 0 bridgehead atoms. The number of aromatic nitrogens is 2. The van der Waals surface area contributed by atoms with Crippen LogP contribution in [0.3, 0.4) is 0 Å². The van der Waals surface area contributed by atoms with Crippen LogP contribution in [0.5, 0.6) is 0 Å². The minimum absolute atomic E-state index is 0.0650. The van der Waals surface area contributed by atoms with Gasteiger partial charge in [0.15, 0.2) is 0 Å². The van der Waals surface area contributed by atoms with Crippen LogP contribution < -0.4 is 5.73 Å². The smallest absolute Gasteiger partial charge is 0.366 e. The Balaban J connectivity index is 1.45. The summed E-state index contributed by atoms with van der Waals surface area (Å²) in [6, 6.07) is 12.5. The zero-order chi connectivity index (χ0) is 24.0. The van der Waals surface area contributed by atoms with Crippen LogP contribution in [0.4, 0.5) is 13.2 Å². The number of aryl methyl sites for hydroxylation is 1. The van der Waals surface area contributed by atoms with Gasteiger partial charge in [0, 0.05) is 30.6 Å². The molecule has 176 valence electrons. The quantitative estimate of drug-likeness (QED) is 0.560. The van der Waals surface area contributed by atoms with Crippen LogP contribution in [0.2, 0.25) is 0 Å². The molecule has 1 saturated heterocycles. The van der Waals surface area contributed by atoms with Gasteiger partial charge in [0.25, 0.3) is 0 Å². The molecule has 3 aromatic rings. The van der Waals surface area contributed by atoms with Crippen molar-refractivity contribution in [1.82, 2.24) is 14.7 Å². The molecule has 33 heavy (non-hydrogen) atoms. The maximum atomic E-state index is 13.1. The van der Waals surface area contributed by atoms with Gasteiger partial charge < -0.3 is 5.73 Å². The van der Waals surface area contributed by atoms with E-state index < -0.39 is 17.8 Å². The normalized spacial score (nSPS) is 21.9. The van der Waals surface area contributed by atoms with E-state index in [2.05, 4.69) is 29.9 Å². The lowest BCUT2D eigenvalue weighted by atomic mass is 9.68. The molecule has 2 unspecified atom stereocenters. The molecule has 1 fully saturated rings. The van der Waals surface area contributed by atoms with Gasteiger partial charge in [-0.2, -0.15) is 18.3 Å². The number of benzene rings is 1. The lowest BCUT2D eigenvalue weighted by molar-refractivity contribution is -0.143. The number of hydrogen-bond donors (Lipinski definition) is 1. The number of halogens is 3. The highest BCUT2D eigenvalue weighted by atomic mass is 32.1. The Kier molecular flexibility index (Phi) is 6.13. The highest BCUT2D eigenvalue weighted by Gasteiger charge is 2.38. The molecule has 4 rings (SSSR count). The van der Waals surface area contributed by atoms with Crippen LogP contribution in [0.25, 0.3) is 10.6 Å². The minimum Gasteiger partial charge on any atom is -0.366 e. The topological polar surface area (TPSA) is 64.2 Å². The number of piperidine rings is 1. The highest BCUT2D eigenvalue weighted by Crippen LogP contribution is 2.40. The number of alkyl halides is 3. The molecule has 2 N–H and O–H groups in total. The number of rotatable bonds is 5. The van der Waals surface area contributed by atoms with E-state index in [1.54, 1.807) is 6.07 Å². The zero-order valence-electron chi connectivity index (χ0n) is 18.8. The van der Waals surface area contributed by atoms with E-state index in [0.29, 0.717) is 17.2 Å². The van der Waals surface area contributed by atoms with Gasteiger partial charge in [-0.3, -0.25) is 14.4 Å². The number of nitrogens with two attached hydrogens (primary N) is 1. The summed E-state index contributed by atoms with van der Waals surface area (Å²) in [7, 11) is 1.31. The molecule has 0 aliphatic carbocycles. The van der Waals surface area contributed by atoms with Crippen LogP contribution in [-0.2, 0) is 25.2 Å². The van der Waals surface area contributed by atoms with Gasteiger partial charge >= 0.3 is 6.18 Å². The third-order valence-electron chi connectivity index (χ3n) is 6.84. The van der Waals surface area contributed by atoms with Crippen LogP contribution in [-0.4, -0.2) is 33.7 Å². The lowest BCUT2D eigenvalue weighted by Crippen LogP contribution is -2.46. The monoisotopic (exact) mass is 476 g/mol. The van der Waals surface area contributed by atoms with Crippen LogP contribution in [0, 0.1) is 5.92 Å². The predicted octanol–water partition coefficient (Wildman–Crippen LogP) is 5.07. The number of carbonyl (C=O) groups excluding carboxylic acids is 1. The summed E-state index contributed by atoms with van der Waals surface area (Å²) in [5.41, 5.74) is 6.64. The minimum atomic E-state index is -4.42. The van der Waals surface area contributed by atoms with E-state index in [9.17, 15) is 18.0 Å². The SMILES string of the molecule is CC1CN(Cc2ccc(-c3cc(C(F)(F)F)n(C)n3)s2)CCC1(C)c1cccc(C(N)=O)c1. The Morgan fingerprint density at radius 2 is 2.03 bits per heavy atom. The van der Waals surface area contributed by atoms with Crippen molar-refractivity contribution in [2.24, 2.45) is 18.7 Å². The van der Waals surface area contributed by atoms with Crippen molar-refractivity contribution in [2.45, 2.75) is 38.4 Å². The molecule has 2 atom stereocenters. The summed E-state index contributed by atoms with van der Waals surface area (Å²) in [5.74, 6) is -0.0757. The maximum absolute atomic E-state index is 13.1. The zero-order valence-corrected chi connectivity index (χ0v) is 19.6. The molecule has 0 spiro atoms. The number of hydrogen-bond acceptors (Lipinski definition) is 4. The van der Waals surface area contributed by atoms with Crippen molar-refractivity contribution >= 4 is 17.2 Å². The second-order valence-electron chi connectivity index (χ2n) is 9.05. The second kappa shape index (κ2) is 8.61. The van der Waals surface area contributed by atoms with Gasteiger partial charge in [0.2, 0.25) is 5.91 Å². The number of amides is 1. The lowest BCUT2D eigenvalue weighted by Gasteiger charge is -2.45. The molecular formula is C24H27F3N4OS. The van der Waals surface area contributed by atoms with Crippen molar-refractivity contribution < 1.29 is 18.0 Å². The fourth-order valence-corrected chi connectivity index (χ4v) is 5.60. The average Bonchev–Trinajstić information content (AvgIpc) is 3.37.